The molecule has 1 N–H and O–H groups in total. The van der Waals surface area contributed by atoms with Crippen molar-refractivity contribution in [2.24, 2.45) is 0 Å². The van der Waals surface area contributed by atoms with E-state index in [0.29, 0.717) is 0 Å². The predicted octanol–water partition coefficient (Wildman–Crippen LogP) is 1.75. The molecular weight excluding hydrogens is 220 g/mol. The van der Waals surface area contributed by atoms with E-state index in [0.717, 1.165) is 23.7 Å². The first-order valence-electron chi connectivity index (χ1n) is 5.25. The van der Waals surface area contributed by atoms with Gasteiger partial charge in [0, 0.05) is 12.5 Å². The lowest BCUT2D eigenvalue weighted by Crippen LogP contribution is -2.28. The number of ether oxygens (including phenoxy) is 1. The highest BCUT2D eigenvalue weighted by molar-refractivity contribution is 7.80. The highest BCUT2D eigenvalue weighted by Crippen LogP contribution is 2.12. The van der Waals surface area contributed by atoms with E-state index < -0.39 is 0 Å². The third kappa shape index (κ3) is 2.22. The van der Waals surface area contributed by atoms with Crippen LogP contribution in [0.15, 0.2) is 24.3 Å². The van der Waals surface area contributed by atoms with Crippen LogP contribution in [-0.4, -0.2) is 29.0 Å². The Balaban J connectivity index is 2.26. The molecule has 4 heteroatoms. The van der Waals surface area contributed by atoms with E-state index in [1.165, 1.54) is 11.3 Å². The van der Waals surface area contributed by atoms with Crippen molar-refractivity contribution in [2.75, 3.05) is 13.7 Å². The largest absolute Gasteiger partial charge is 0.497 e. The summed E-state index contributed by atoms with van der Waals surface area (Å²) in [5, 5.41) is 0. The second-order valence-electron chi connectivity index (χ2n) is 3.75. The van der Waals surface area contributed by atoms with Gasteiger partial charge in [-0.25, -0.2) is 0 Å². The van der Waals surface area contributed by atoms with E-state index >= 15 is 0 Å². The Kier molecular flexibility index (Phi) is 3.19. The zero-order valence-corrected chi connectivity index (χ0v) is 10.3. The van der Waals surface area contributed by atoms with Gasteiger partial charge in [-0.05, 0) is 24.3 Å². The Morgan fingerprint density at radius 2 is 2.06 bits per heavy atom. The SMILES string of the molecule is COc1ccc(/C(C)=[N+]2/CCC(=S)N2)cc1. The van der Waals surface area contributed by atoms with Crippen molar-refractivity contribution in [1.82, 2.24) is 5.43 Å². The van der Waals surface area contributed by atoms with Gasteiger partial charge in [0.25, 0.3) is 0 Å². The summed E-state index contributed by atoms with van der Waals surface area (Å²) in [6, 6.07) is 8.04. The van der Waals surface area contributed by atoms with E-state index in [-0.39, 0.29) is 0 Å². The molecule has 1 fully saturated rings. The molecule has 1 aromatic carbocycles. The number of nitrogens with zero attached hydrogens (tertiary/aromatic N) is 1. The molecule has 0 radical (unpaired) electrons. The standard InChI is InChI=1S/C12H14N2OS/c1-9(14-8-7-12(16)13-14)10-3-5-11(15-2)6-4-10/h3-6H,7-8H2,1-2H3/p+1/b14-9-. The van der Waals surface area contributed by atoms with Gasteiger partial charge < -0.3 is 4.74 Å². The minimum Gasteiger partial charge on any atom is -0.497 e. The van der Waals surface area contributed by atoms with Crippen molar-refractivity contribution < 1.29 is 9.42 Å². The summed E-state index contributed by atoms with van der Waals surface area (Å²) < 4.78 is 7.22. The van der Waals surface area contributed by atoms with Gasteiger partial charge in [-0.3, -0.25) is 0 Å². The summed E-state index contributed by atoms with van der Waals surface area (Å²) >= 11 is 5.12. The maximum absolute atomic E-state index is 5.13. The van der Waals surface area contributed by atoms with Crippen LogP contribution in [0.5, 0.6) is 5.75 Å². The smallest absolute Gasteiger partial charge is 0.210 e. The number of hydrazine groups is 1. The molecule has 1 aliphatic heterocycles. The zero-order valence-electron chi connectivity index (χ0n) is 9.49. The molecule has 0 aromatic heterocycles. The Hall–Kier alpha value is -1.42. The molecule has 2 rings (SSSR count). The highest BCUT2D eigenvalue weighted by Gasteiger charge is 2.21. The highest BCUT2D eigenvalue weighted by atomic mass is 32.1. The first-order chi connectivity index (χ1) is 7.70. The van der Waals surface area contributed by atoms with Crippen LogP contribution in [0.1, 0.15) is 18.9 Å². The molecule has 84 valence electrons. The average Bonchev–Trinajstić information content (AvgIpc) is 2.75. The van der Waals surface area contributed by atoms with Gasteiger partial charge in [-0.2, -0.15) is 5.43 Å². The van der Waals surface area contributed by atoms with Gasteiger partial charge in [0.1, 0.15) is 10.7 Å². The number of benzene rings is 1. The van der Waals surface area contributed by atoms with Gasteiger partial charge in [0.2, 0.25) is 5.71 Å². The first-order valence-corrected chi connectivity index (χ1v) is 5.66. The molecule has 1 saturated heterocycles. The fraction of sp³-hybridized carbons (Fsp3) is 0.333. The van der Waals surface area contributed by atoms with E-state index in [2.05, 4.69) is 29.2 Å². The Bertz CT molecular complexity index is 437. The molecule has 0 unspecified atom stereocenters. The van der Waals surface area contributed by atoms with Gasteiger partial charge in [0.15, 0.2) is 6.54 Å². The van der Waals surface area contributed by atoms with Crippen molar-refractivity contribution >= 4 is 22.9 Å². The van der Waals surface area contributed by atoms with Crippen molar-refractivity contribution in [1.29, 1.82) is 0 Å². The fourth-order valence-electron chi connectivity index (χ4n) is 1.72. The van der Waals surface area contributed by atoms with Crippen molar-refractivity contribution in [3.63, 3.8) is 0 Å². The van der Waals surface area contributed by atoms with Gasteiger partial charge in [0.05, 0.1) is 13.5 Å². The summed E-state index contributed by atoms with van der Waals surface area (Å²) in [6.07, 6.45) is 0.933. The lowest BCUT2D eigenvalue weighted by atomic mass is 10.1. The van der Waals surface area contributed by atoms with Crippen LogP contribution in [-0.2, 0) is 0 Å². The zero-order chi connectivity index (χ0) is 11.5. The van der Waals surface area contributed by atoms with Crippen LogP contribution in [0.2, 0.25) is 0 Å². The summed E-state index contributed by atoms with van der Waals surface area (Å²) in [5.41, 5.74) is 5.54. The van der Waals surface area contributed by atoms with Crippen molar-refractivity contribution in [2.45, 2.75) is 13.3 Å². The number of rotatable bonds is 2. The molecule has 0 aliphatic carbocycles. The molecule has 16 heavy (non-hydrogen) atoms. The van der Waals surface area contributed by atoms with Gasteiger partial charge >= 0.3 is 0 Å². The maximum Gasteiger partial charge on any atom is 0.210 e. The normalized spacial score (nSPS) is 18.2. The van der Waals surface area contributed by atoms with E-state index in [9.17, 15) is 0 Å². The lowest BCUT2D eigenvalue weighted by Gasteiger charge is -2.02. The van der Waals surface area contributed by atoms with E-state index in [4.69, 9.17) is 17.0 Å². The Morgan fingerprint density at radius 1 is 1.38 bits per heavy atom. The second kappa shape index (κ2) is 4.61. The third-order valence-electron chi connectivity index (χ3n) is 2.73. The molecule has 0 atom stereocenters. The summed E-state index contributed by atoms with van der Waals surface area (Å²) in [4.78, 5) is 0.910. The molecule has 1 aliphatic rings. The van der Waals surface area contributed by atoms with Gasteiger partial charge in [-0.15, -0.1) is 4.68 Å². The molecule has 1 aromatic rings. The van der Waals surface area contributed by atoms with E-state index in [1.54, 1.807) is 7.11 Å². The van der Waals surface area contributed by atoms with Crippen molar-refractivity contribution in [3.8, 4) is 5.75 Å². The van der Waals surface area contributed by atoms with E-state index in [1.807, 2.05) is 12.1 Å². The molecular formula is C12H15N2OS+. The van der Waals surface area contributed by atoms with Crippen LogP contribution in [0.25, 0.3) is 0 Å². The fourth-order valence-corrected chi connectivity index (χ4v) is 1.92. The minimum atomic E-state index is 0.876. The summed E-state index contributed by atoms with van der Waals surface area (Å²) in [7, 11) is 1.67. The molecule has 0 amide bonds. The second-order valence-corrected chi connectivity index (χ2v) is 4.24. The van der Waals surface area contributed by atoms with Crippen molar-refractivity contribution in [3.05, 3.63) is 29.8 Å². The monoisotopic (exact) mass is 235 g/mol. The third-order valence-corrected chi connectivity index (χ3v) is 3.03. The number of methoxy groups -OCH3 is 1. The van der Waals surface area contributed by atoms with Crippen LogP contribution < -0.4 is 10.2 Å². The molecule has 3 nitrogen and oxygen atoms in total. The molecule has 0 bridgehead atoms. The number of hydrogen-bond donors (Lipinski definition) is 1. The summed E-state index contributed by atoms with van der Waals surface area (Å²) in [6.45, 7) is 3.03. The lowest BCUT2D eigenvalue weighted by molar-refractivity contribution is -0.555. The summed E-state index contributed by atoms with van der Waals surface area (Å²) in [5.74, 6) is 0.876. The first kappa shape index (κ1) is 11.1. The van der Waals surface area contributed by atoms with Crippen LogP contribution in [0.4, 0.5) is 0 Å². The Labute approximate surface area is 101 Å². The minimum absolute atomic E-state index is 0.876. The number of thiocarbonyl (C=S) groups is 1. The predicted molar refractivity (Wildman–Crippen MR) is 68.3 cm³/mol. The van der Waals surface area contributed by atoms with Crippen LogP contribution >= 0.6 is 12.2 Å². The van der Waals surface area contributed by atoms with Gasteiger partial charge in [-0.1, -0.05) is 12.2 Å². The molecule has 1 heterocycles. The number of nitrogens with one attached hydrogen (secondary N) is 1. The maximum atomic E-state index is 5.13. The number of hydrazone groups is 1. The van der Waals surface area contributed by atoms with Crippen LogP contribution in [0, 0.1) is 0 Å². The number of hydrogen-bond acceptors (Lipinski definition) is 2. The molecule has 0 spiro atoms. The van der Waals surface area contributed by atoms with Crippen LogP contribution in [0.3, 0.4) is 0 Å². The Morgan fingerprint density at radius 3 is 2.56 bits per heavy atom. The average molecular weight is 235 g/mol. The quantitative estimate of drug-likeness (QED) is 0.624. The topological polar surface area (TPSA) is 24.3 Å². The molecule has 0 saturated carbocycles.